The molecule has 0 saturated carbocycles. The first-order valence-corrected chi connectivity index (χ1v) is 5.52. The highest BCUT2D eigenvalue weighted by atomic mass is 16.2. The van der Waals surface area contributed by atoms with Crippen molar-refractivity contribution in [2.24, 2.45) is 0 Å². The predicted octanol–water partition coefficient (Wildman–Crippen LogP) is 1.16. The molecule has 0 unspecified atom stereocenters. The van der Waals surface area contributed by atoms with Crippen LogP contribution in [0, 0.1) is 0 Å². The molecule has 0 aromatic heterocycles. The molecule has 1 rings (SSSR count). The Morgan fingerprint density at radius 3 is 2.62 bits per heavy atom. The van der Waals surface area contributed by atoms with Crippen molar-refractivity contribution in [1.82, 2.24) is 9.80 Å². The van der Waals surface area contributed by atoms with E-state index < -0.39 is 0 Å². The average Bonchev–Trinajstić information content (AvgIpc) is 2.43. The Morgan fingerprint density at radius 2 is 2.06 bits per heavy atom. The van der Waals surface area contributed by atoms with Crippen LogP contribution in [0.4, 0.5) is 0 Å². The van der Waals surface area contributed by atoms with Gasteiger partial charge in [-0.25, -0.2) is 0 Å². The van der Waals surface area contributed by atoms with Gasteiger partial charge in [0, 0.05) is 31.9 Å². The number of rotatable bonds is 3. The number of amides is 2. The van der Waals surface area contributed by atoms with E-state index in [1.54, 1.807) is 30.3 Å². The maximum absolute atomic E-state index is 12.0. The maximum atomic E-state index is 12.0. The van der Waals surface area contributed by atoms with Crippen LogP contribution in [-0.4, -0.2) is 41.8 Å². The first-order valence-electron chi connectivity index (χ1n) is 5.52. The average molecular weight is 222 g/mol. The quantitative estimate of drug-likeness (QED) is 0.719. The largest absolute Gasteiger partial charge is 0.339 e. The van der Waals surface area contributed by atoms with Crippen LogP contribution in [0.1, 0.15) is 20.3 Å². The molecule has 0 aliphatic carbocycles. The lowest BCUT2D eigenvalue weighted by Crippen LogP contribution is -2.33. The van der Waals surface area contributed by atoms with Crippen LogP contribution in [0.15, 0.2) is 23.9 Å². The fraction of sp³-hybridized carbons (Fsp3) is 0.500. The Hall–Kier alpha value is -1.58. The molecule has 1 aliphatic rings. The van der Waals surface area contributed by atoms with Crippen LogP contribution in [0.25, 0.3) is 0 Å². The van der Waals surface area contributed by atoms with Crippen molar-refractivity contribution in [1.29, 1.82) is 0 Å². The van der Waals surface area contributed by atoms with E-state index in [0.717, 1.165) is 0 Å². The zero-order chi connectivity index (χ0) is 12.1. The first kappa shape index (κ1) is 12.5. The van der Waals surface area contributed by atoms with Gasteiger partial charge in [0.2, 0.25) is 11.8 Å². The Morgan fingerprint density at radius 1 is 1.44 bits per heavy atom. The zero-order valence-electron chi connectivity index (χ0n) is 10.1. The minimum Gasteiger partial charge on any atom is -0.339 e. The third kappa shape index (κ3) is 2.72. The van der Waals surface area contributed by atoms with Crippen LogP contribution >= 0.6 is 0 Å². The second kappa shape index (κ2) is 5.49. The monoisotopic (exact) mass is 222 g/mol. The second-order valence-corrected chi connectivity index (χ2v) is 3.69. The van der Waals surface area contributed by atoms with E-state index in [0.29, 0.717) is 18.7 Å². The van der Waals surface area contributed by atoms with Crippen molar-refractivity contribution >= 4 is 11.8 Å². The van der Waals surface area contributed by atoms with Crippen LogP contribution < -0.4 is 0 Å². The van der Waals surface area contributed by atoms with Crippen molar-refractivity contribution in [2.75, 3.05) is 20.1 Å². The molecule has 0 saturated heterocycles. The van der Waals surface area contributed by atoms with Crippen LogP contribution in [0.2, 0.25) is 0 Å². The normalized spacial score (nSPS) is 15.8. The van der Waals surface area contributed by atoms with Crippen LogP contribution in [0.5, 0.6) is 0 Å². The highest BCUT2D eigenvalue weighted by molar-refractivity contribution is 5.99. The number of hydrogen-bond donors (Lipinski definition) is 0. The number of carbonyl (C=O) groups excluding carboxylic acids is 2. The van der Waals surface area contributed by atoms with E-state index in [2.05, 4.69) is 0 Å². The van der Waals surface area contributed by atoms with E-state index in [4.69, 9.17) is 0 Å². The minimum atomic E-state index is -0.0551. The second-order valence-electron chi connectivity index (χ2n) is 3.69. The Balaban J connectivity index is 2.81. The third-order valence-electron chi connectivity index (χ3n) is 2.67. The van der Waals surface area contributed by atoms with E-state index in [1.165, 1.54) is 4.90 Å². The summed E-state index contributed by atoms with van der Waals surface area (Å²) in [4.78, 5) is 26.8. The molecule has 0 N–H and O–H groups in total. The number of hydrogen-bond acceptors (Lipinski definition) is 2. The van der Waals surface area contributed by atoms with Gasteiger partial charge < -0.3 is 9.80 Å². The standard InChI is InChI=1S/C12H18N2O2/c1-4-14(5-2)12(16)10-7-6-8-13(3)11(15)9-10/h6-8H,4-5,9H2,1-3H3. The third-order valence-corrected chi connectivity index (χ3v) is 2.67. The minimum absolute atomic E-state index is 0.0432. The number of nitrogens with zero attached hydrogens (tertiary/aromatic N) is 2. The van der Waals surface area contributed by atoms with Crippen molar-refractivity contribution < 1.29 is 9.59 Å². The van der Waals surface area contributed by atoms with Gasteiger partial charge in [0.15, 0.2) is 0 Å². The molecule has 1 aliphatic heterocycles. The molecule has 88 valence electrons. The summed E-state index contributed by atoms with van der Waals surface area (Å²) in [5.41, 5.74) is 0.564. The molecule has 0 radical (unpaired) electrons. The van der Waals surface area contributed by atoms with Gasteiger partial charge in [-0.15, -0.1) is 0 Å². The van der Waals surface area contributed by atoms with Crippen molar-refractivity contribution in [3.63, 3.8) is 0 Å². The molecule has 2 amide bonds. The van der Waals surface area contributed by atoms with Crippen LogP contribution in [0.3, 0.4) is 0 Å². The summed E-state index contributed by atoms with van der Waals surface area (Å²) < 4.78 is 0. The van der Waals surface area contributed by atoms with Crippen LogP contribution in [-0.2, 0) is 9.59 Å². The summed E-state index contributed by atoms with van der Waals surface area (Å²) in [6.07, 6.45) is 5.31. The highest BCUT2D eigenvalue weighted by Crippen LogP contribution is 2.12. The molecule has 0 fully saturated rings. The molecule has 0 aromatic rings. The number of allylic oxidation sites excluding steroid dienone is 2. The van der Waals surface area contributed by atoms with E-state index >= 15 is 0 Å². The molecule has 0 atom stereocenters. The Labute approximate surface area is 96.2 Å². The SMILES string of the molecule is CCN(CC)C(=O)C1=CC=CN(C)C(=O)C1. The summed E-state index contributed by atoms with van der Waals surface area (Å²) in [7, 11) is 1.69. The van der Waals surface area contributed by atoms with Gasteiger partial charge in [-0.2, -0.15) is 0 Å². The lowest BCUT2D eigenvalue weighted by atomic mass is 10.1. The molecule has 0 bridgehead atoms. The van der Waals surface area contributed by atoms with Crippen molar-refractivity contribution in [3.8, 4) is 0 Å². The van der Waals surface area contributed by atoms with Crippen molar-refractivity contribution in [3.05, 3.63) is 23.9 Å². The topological polar surface area (TPSA) is 40.6 Å². The Bertz CT molecular complexity index is 341. The van der Waals surface area contributed by atoms with E-state index in [-0.39, 0.29) is 18.2 Å². The smallest absolute Gasteiger partial charge is 0.250 e. The summed E-state index contributed by atoms with van der Waals surface area (Å²) in [5.74, 6) is -0.0983. The lowest BCUT2D eigenvalue weighted by Gasteiger charge is -2.20. The van der Waals surface area contributed by atoms with Gasteiger partial charge in [-0.1, -0.05) is 6.08 Å². The molecule has 0 spiro atoms. The van der Waals surface area contributed by atoms with Gasteiger partial charge >= 0.3 is 0 Å². The summed E-state index contributed by atoms with van der Waals surface area (Å²) in [6.45, 7) is 5.20. The summed E-state index contributed by atoms with van der Waals surface area (Å²) in [5, 5.41) is 0. The Kier molecular flexibility index (Phi) is 4.28. The maximum Gasteiger partial charge on any atom is 0.250 e. The molecule has 0 aromatic carbocycles. The summed E-state index contributed by atoms with van der Waals surface area (Å²) in [6, 6.07) is 0. The van der Waals surface area contributed by atoms with E-state index in [1.807, 2.05) is 13.8 Å². The van der Waals surface area contributed by atoms with Gasteiger partial charge in [0.05, 0.1) is 6.42 Å². The predicted molar refractivity (Wildman–Crippen MR) is 62.5 cm³/mol. The molecule has 4 nitrogen and oxygen atoms in total. The van der Waals surface area contributed by atoms with Crippen molar-refractivity contribution in [2.45, 2.75) is 20.3 Å². The fourth-order valence-corrected chi connectivity index (χ4v) is 1.58. The van der Waals surface area contributed by atoms with E-state index in [9.17, 15) is 9.59 Å². The van der Waals surface area contributed by atoms with Gasteiger partial charge in [-0.3, -0.25) is 9.59 Å². The first-order chi connectivity index (χ1) is 7.60. The molecular weight excluding hydrogens is 204 g/mol. The highest BCUT2D eigenvalue weighted by Gasteiger charge is 2.20. The fourth-order valence-electron chi connectivity index (χ4n) is 1.58. The molecule has 4 heteroatoms. The molecule has 1 heterocycles. The lowest BCUT2D eigenvalue weighted by molar-refractivity contribution is -0.131. The van der Waals surface area contributed by atoms with Gasteiger partial charge in [-0.05, 0) is 19.9 Å². The van der Waals surface area contributed by atoms with Gasteiger partial charge in [0.1, 0.15) is 0 Å². The molecular formula is C12H18N2O2. The summed E-state index contributed by atoms with van der Waals surface area (Å²) >= 11 is 0. The zero-order valence-corrected chi connectivity index (χ0v) is 10.1. The van der Waals surface area contributed by atoms with Gasteiger partial charge in [0.25, 0.3) is 0 Å². The number of carbonyl (C=O) groups is 2. The molecule has 16 heavy (non-hydrogen) atoms. The number of likely N-dealkylation sites (N-methyl/N-ethyl adjacent to an activating group) is 1.